The number of nitrogens with one attached hydrogen (secondary N) is 1. The van der Waals surface area contributed by atoms with Gasteiger partial charge in [-0.25, -0.2) is 0 Å². The first-order chi connectivity index (χ1) is 11.1. The second-order valence-electron chi connectivity index (χ2n) is 5.57. The molecule has 1 unspecified atom stereocenters. The second kappa shape index (κ2) is 8.34. The lowest BCUT2D eigenvalue weighted by Crippen LogP contribution is -2.30. The van der Waals surface area contributed by atoms with Crippen molar-refractivity contribution in [2.24, 2.45) is 0 Å². The predicted octanol–water partition coefficient (Wildman–Crippen LogP) is 2.92. The van der Waals surface area contributed by atoms with Gasteiger partial charge in [0.15, 0.2) is 6.61 Å². The van der Waals surface area contributed by atoms with Gasteiger partial charge in [-0.05, 0) is 37.0 Å². The minimum atomic E-state index is -0.573. The molecule has 0 bridgehead atoms. The van der Waals surface area contributed by atoms with Gasteiger partial charge in [-0.2, -0.15) is 0 Å². The maximum absolute atomic E-state index is 11.8. The molecule has 4 heteroatoms. The molecule has 0 saturated heterocycles. The Bertz CT molecular complexity index is 620. The summed E-state index contributed by atoms with van der Waals surface area (Å²) in [5, 5.41) is 12.8. The Hall–Kier alpha value is -2.33. The van der Waals surface area contributed by atoms with Crippen LogP contribution in [-0.2, 0) is 4.79 Å². The lowest BCUT2D eigenvalue weighted by molar-refractivity contribution is -0.123. The number of hydrogen-bond acceptors (Lipinski definition) is 3. The van der Waals surface area contributed by atoms with E-state index in [0.717, 1.165) is 22.4 Å². The van der Waals surface area contributed by atoms with Crippen LogP contribution in [0.1, 0.15) is 29.2 Å². The van der Waals surface area contributed by atoms with Gasteiger partial charge in [0.05, 0.1) is 6.10 Å². The Labute approximate surface area is 137 Å². The number of aryl methyl sites for hydroxylation is 2. The third kappa shape index (κ3) is 5.11. The first-order valence-corrected chi connectivity index (χ1v) is 7.76. The van der Waals surface area contributed by atoms with E-state index in [4.69, 9.17) is 4.74 Å². The fraction of sp³-hybridized carbons (Fsp3) is 0.316. The minimum absolute atomic E-state index is 0.0207. The summed E-state index contributed by atoms with van der Waals surface area (Å²) in [7, 11) is 0. The Morgan fingerprint density at radius 1 is 1.09 bits per heavy atom. The number of carbonyl (C=O) groups is 1. The summed E-state index contributed by atoms with van der Waals surface area (Å²) in [6.07, 6.45) is -0.102. The lowest BCUT2D eigenvalue weighted by Gasteiger charge is -2.13. The summed E-state index contributed by atoms with van der Waals surface area (Å²) in [4.78, 5) is 11.8. The molecule has 0 saturated carbocycles. The zero-order valence-corrected chi connectivity index (χ0v) is 13.6. The summed E-state index contributed by atoms with van der Waals surface area (Å²) in [6.45, 7) is 4.30. The van der Waals surface area contributed by atoms with Crippen LogP contribution in [0.4, 0.5) is 0 Å². The van der Waals surface area contributed by atoms with Gasteiger partial charge in [0.2, 0.25) is 0 Å². The highest BCUT2D eigenvalue weighted by Crippen LogP contribution is 2.22. The SMILES string of the molecule is Cc1cccc(C)c1OCC(=O)NCCC(O)c1ccccc1. The van der Waals surface area contributed by atoms with Gasteiger partial charge in [-0.1, -0.05) is 48.5 Å². The van der Waals surface area contributed by atoms with Crippen molar-refractivity contribution in [3.8, 4) is 5.75 Å². The molecule has 2 N–H and O–H groups in total. The average Bonchev–Trinajstić information content (AvgIpc) is 2.55. The van der Waals surface area contributed by atoms with E-state index < -0.39 is 6.10 Å². The van der Waals surface area contributed by atoms with Gasteiger partial charge < -0.3 is 15.2 Å². The van der Waals surface area contributed by atoms with Crippen molar-refractivity contribution < 1.29 is 14.6 Å². The molecule has 2 aromatic rings. The minimum Gasteiger partial charge on any atom is -0.483 e. The van der Waals surface area contributed by atoms with E-state index in [1.54, 1.807) is 0 Å². The van der Waals surface area contributed by atoms with Gasteiger partial charge in [0.1, 0.15) is 5.75 Å². The molecule has 2 rings (SSSR count). The van der Waals surface area contributed by atoms with Crippen molar-refractivity contribution in [1.29, 1.82) is 0 Å². The van der Waals surface area contributed by atoms with Crippen LogP contribution in [0.2, 0.25) is 0 Å². The molecule has 0 fully saturated rings. The highest BCUT2D eigenvalue weighted by atomic mass is 16.5. The first kappa shape index (κ1) is 17.0. The number of rotatable bonds is 7. The maximum atomic E-state index is 11.8. The van der Waals surface area contributed by atoms with Crippen LogP contribution in [0, 0.1) is 13.8 Å². The van der Waals surface area contributed by atoms with Crippen LogP contribution in [0.5, 0.6) is 5.75 Å². The van der Waals surface area contributed by atoms with Crippen LogP contribution >= 0.6 is 0 Å². The van der Waals surface area contributed by atoms with Crippen LogP contribution in [0.15, 0.2) is 48.5 Å². The fourth-order valence-corrected chi connectivity index (χ4v) is 2.41. The van der Waals surface area contributed by atoms with Crippen LogP contribution in [-0.4, -0.2) is 24.2 Å². The molecule has 122 valence electrons. The Balaban J connectivity index is 1.73. The van der Waals surface area contributed by atoms with Crippen molar-refractivity contribution in [3.63, 3.8) is 0 Å². The number of amides is 1. The molecule has 0 heterocycles. The summed E-state index contributed by atoms with van der Waals surface area (Å²) < 4.78 is 5.60. The predicted molar refractivity (Wildman–Crippen MR) is 90.4 cm³/mol. The molecule has 0 aliphatic heterocycles. The van der Waals surface area contributed by atoms with E-state index in [1.807, 2.05) is 62.4 Å². The molecule has 1 amide bonds. The van der Waals surface area contributed by atoms with E-state index in [1.165, 1.54) is 0 Å². The number of ether oxygens (including phenoxy) is 1. The molecular weight excluding hydrogens is 290 g/mol. The van der Waals surface area contributed by atoms with Gasteiger partial charge >= 0.3 is 0 Å². The molecule has 1 atom stereocenters. The molecule has 0 radical (unpaired) electrons. The smallest absolute Gasteiger partial charge is 0.257 e. The van der Waals surface area contributed by atoms with Crippen molar-refractivity contribution in [2.75, 3.05) is 13.2 Å². The zero-order valence-electron chi connectivity index (χ0n) is 13.6. The summed E-state index contributed by atoms with van der Waals surface area (Å²) in [5.41, 5.74) is 2.88. The molecule has 2 aromatic carbocycles. The van der Waals surface area contributed by atoms with E-state index >= 15 is 0 Å². The van der Waals surface area contributed by atoms with Gasteiger partial charge in [0, 0.05) is 6.54 Å². The number of carbonyl (C=O) groups excluding carboxylic acids is 1. The number of para-hydroxylation sites is 1. The highest BCUT2D eigenvalue weighted by molar-refractivity contribution is 5.77. The largest absolute Gasteiger partial charge is 0.483 e. The van der Waals surface area contributed by atoms with Gasteiger partial charge in [0.25, 0.3) is 5.91 Å². The quantitative estimate of drug-likeness (QED) is 0.826. The highest BCUT2D eigenvalue weighted by Gasteiger charge is 2.09. The number of hydrogen-bond donors (Lipinski definition) is 2. The van der Waals surface area contributed by atoms with Crippen molar-refractivity contribution in [3.05, 3.63) is 65.2 Å². The molecule has 4 nitrogen and oxygen atoms in total. The Kier molecular flexibility index (Phi) is 6.18. The molecule has 23 heavy (non-hydrogen) atoms. The van der Waals surface area contributed by atoms with E-state index in [9.17, 15) is 9.90 Å². The summed E-state index contributed by atoms with van der Waals surface area (Å²) in [6, 6.07) is 15.3. The third-order valence-corrected chi connectivity index (χ3v) is 3.68. The maximum Gasteiger partial charge on any atom is 0.257 e. The van der Waals surface area contributed by atoms with Crippen molar-refractivity contribution in [1.82, 2.24) is 5.32 Å². The van der Waals surface area contributed by atoms with Crippen molar-refractivity contribution in [2.45, 2.75) is 26.4 Å². The molecule has 0 aliphatic carbocycles. The standard InChI is InChI=1S/C19H23NO3/c1-14-7-6-8-15(2)19(14)23-13-18(22)20-12-11-17(21)16-9-4-3-5-10-16/h3-10,17,21H,11-13H2,1-2H3,(H,20,22). The van der Waals surface area contributed by atoms with Crippen LogP contribution in [0.3, 0.4) is 0 Å². The lowest BCUT2D eigenvalue weighted by atomic mass is 10.1. The topological polar surface area (TPSA) is 58.6 Å². The first-order valence-electron chi connectivity index (χ1n) is 7.76. The summed E-state index contributed by atoms with van der Waals surface area (Å²) >= 11 is 0. The molecular formula is C19H23NO3. The average molecular weight is 313 g/mol. The third-order valence-electron chi connectivity index (χ3n) is 3.68. The van der Waals surface area contributed by atoms with Crippen molar-refractivity contribution >= 4 is 5.91 Å². The second-order valence-corrected chi connectivity index (χ2v) is 5.57. The number of aliphatic hydroxyl groups is 1. The number of aliphatic hydroxyl groups excluding tert-OH is 1. The van der Waals surface area contributed by atoms with E-state index in [0.29, 0.717) is 13.0 Å². The Morgan fingerprint density at radius 2 is 1.74 bits per heavy atom. The molecule has 0 aliphatic rings. The summed E-state index contributed by atoms with van der Waals surface area (Å²) in [5.74, 6) is 0.569. The van der Waals surface area contributed by atoms with Crippen LogP contribution in [0.25, 0.3) is 0 Å². The van der Waals surface area contributed by atoms with E-state index in [2.05, 4.69) is 5.32 Å². The monoisotopic (exact) mass is 313 g/mol. The normalized spacial score (nSPS) is 11.8. The molecule has 0 spiro atoms. The van der Waals surface area contributed by atoms with E-state index in [-0.39, 0.29) is 12.5 Å². The zero-order chi connectivity index (χ0) is 16.7. The van der Waals surface area contributed by atoms with Gasteiger partial charge in [-0.15, -0.1) is 0 Å². The molecule has 0 aromatic heterocycles. The number of benzene rings is 2. The Morgan fingerprint density at radius 3 is 2.39 bits per heavy atom. The fourth-order valence-electron chi connectivity index (χ4n) is 2.41. The van der Waals surface area contributed by atoms with Crippen LogP contribution < -0.4 is 10.1 Å². The van der Waals surface area contributed by atoms with Gasteiger partial charge in [-0.3, -0.25) is 4.79 Å².